The molecule has 0 bridgehead atoms. The summed E-state index contributed by atoms with van der Waals surface area (Å²) in [5.74, 6) is 0. The van der Waals surface area contributed by atoms with Crippen LogP contribution in [0.2, 0.25) is 0 Å². The van der Waals surface area contributed by atoms with Crippen molar-refractivity contribution in [3.63, 3.8) is 0 Å². The van der Waals surface area contributed by atoms with Crippen LogP contribution < -0.4 is 5.32 Å². The average Bonchev–Trinajstić information content (AvgIpc) is 2.39. The Kier molecular flexibility index (Phi) is 7.87. The molecule has 2 nitrogen and oxygen atoms in total. The maximum atomic E-state index is 3.76. The summed E-state index contributed by atoms with van der Waals surface area (Å²) in [6.45, 7) is 10.8. The quantitative estimate of drug-likeness (QED) is 0.699. The highest BCUT2D eigenvalue weighted by atomic mass is 15.2. The number of likely N-dealkylation sites (tertiary alicyclic amines) is 1. The minimum absolute atomic E-state index is 0.714. The summed E-state index contributed by atoms with van der Waals surface area (Å²) in [6, 6.07) is 1.45. The van der Waals surface area contributed by atoms with Gasteiger partial charge in [-0.2, -0.15) is 0 Å². The van der Waals surface area contributed by atoms with Gasteiger partial charge in [0.2, 0.25) is 0 Å². The highest BCUT2D eigenvalue weighted by Crippen LogP contribution is 2.12. The number of hydrogen-bond acceptors (Lipinski definition) is 2. The molecular formula is C15H32N2. The van der Waals surface area contributed by atoms with Gasteiger partial charge in [-0.05, 0) is 45.7 Å². The molecule has 1 fully saturated rings. The lowest BCUT2D eigenvalue weighted by Crippen LogP contribution is -2.45. The molecule has 1 aliphatic heterocycles. The van der Waals surface area contributed by atoms with Crippen LogP contribution in [0.4, 0.5) is 0 Å². The molecule has 17 heavy (non-hydrogen) atoms. The first-order valence-electron chi connectivity index (χ1n) is 7.75. The van der Waals surface area contributed by atoms with E-state index < -0.39 is 0 Å². The van der Waals surface area contributed by atoms with Crippen LogP contribution in [-0.2, 0) is 0 Å². The molecule has 2 heteroatoms. The molecule has 0 radical (unpaired) electrons. The van der Waals surface area contributed by atoms with E-state index in [1.165, 1.54) is 64.6 Å². The van der Waals surface area contributed by atoms with Crippen molar-refractivity contribution >= 4 is 0 Å². The van der Waals surface area contributed by atoms with Gasteiger partial charge in [-0.1, -0.05) is 33.1 Å². The maximum Gasteiger partial charge on any atom is 0.0192 e. The number of hydrogen-bond donors (Lipinski definition) is 1. The van der Waals surface area contributed by atoms with E-state index in [2.05, 4.69) is 31.0 Å². The molecule has 1 saturated heterocycles. The second-order valence-corrected chi connectivity index (χ2v) is 5.60. The van der Waals surface area contributed by atoms with E-state index in [4.69, 9.17) is 0 Å². The second kappa shape index (κ2) is 8.93. The van der Waals surface area contributed by atoms with Crippen LogP contribution in [-0.4, -0.2) is 36.6 Å². The van der Waals surface area contributed by atoms with Gasteiger partial charge in [-0.15, -0.1) is 0 Å². The van der Waals surface area contributed by atoms with Gasteiger partial charge in [0.25, 0.3) is 0 Å². The molecular weight excluding hydrogens is 208 g/mol. The van der Waals surface area contributed by atoms with Crippen molar-refractivity contribution in [3.05, 3.63) is 0 Å². The minimum atomic E-state index is 0.714. The van der Waals surface area contributed by atoms with Crippen molar-refractivity contribution in [1.29, 1.82) is 0 Å². The molecule has 0 aromatic rings. The highest BCUT2D eigenvalue weighted by Gasteiger charge is 2.17. The minimum Gasteiger partial charge on any atom is -0.312 e. The van der Waals surface area contributed by atoms with Crippen LogP contribution in [0, 0.1) is 0 Å². The van der Waals surface area contributed by atoms with Gasteiger partial charge < -0.3 is 5.32 Å². The molecule has 1 aliphatic rings. The Balaban J connectivity index is 2.17. The number of nitrogens with one attached hydrogen (secondary N) is 1. The highest BCUT2D eigenvalue weighted by molar-refractivity contribution is 4.75. The summed E-state index contributed by atoms with van der Waals surface area (Å²) in [7, 11) is 0. The molecule has 0 aromatic carbocycles. The van der Waals surface area contributed by atoms with E-state index in [9.17, 15) is 0 Å². The first-order valence-corrected chi connectivity index (χ1v) is 7.75. The smallest absolute Gasteiger partial charge is 0.0192 e. The van der Waals surface area contributed by atoms with Gasteiger partial charge in [-0.25, -0.2) is 0 Å². The third kappa shape index (κ3) is 5.87. The lowest BCUT2D eigenvalue weighted by Gasteiger charge is -2.33. The molecule has 102 valence electrons. The molecule has 1 N–H and O–H groups in total. The van der Waals surface area contributed by atoms with E-state index in [0.717, 1.165) is 6.04 Å². The third-order valence-corrected chi connectivity index (χ3v) is 4.11. The van der Waals surface area contributed by atoms with E-state index in [1.54, 1.807) is 0 Å². The number of nitrogens with zero attached hydrogens (tertiary/aromatic N) is 1. The number of unbranched alkanes of at least 4 members (excludes halogenated alkanes) is 1. The van der Waals surface area contributed by atoms with E-state index in [-0.39, 0.29) is 0 Å². The van der Waals surface area contributed by atoms with Gasteiger partial charge in [0.15, 0.2) is 0 Å². The molecule has 0 aliphatic carbocycles. The van der Waals surface area contributed by atoms with Gasteiger partial charge in [0.05, 0.1) is 0 Å². The Morgan fingerprint density at radius 1 is 1.12 bits per heavy atom. The Hall–Kier alpha value is -0.0800. The first kappa shape index (κ1) is 15.0. The van der Waals surface area contributed by atoms with Crippen LogP contribution in [0.5, 0.6) is 0 Å². The van der Waals surface area contributed by atoms with Crippen molar-refractivity contribution in [2.75, 3.05) is 19.6 Å². The van der Waals surface area contributed by atoms with Crippen LogP contribution in [0.15, 0.2) is 0 Å². The summed E-state index contributed by atoms with van der Waals surface area (Å²) < 4.78 is 0. The fourth-order valence-electron chi connectivity index (χ4n) is 2.73. The summed E-state index contributed by atoms with van der Waals surface area (Å²) in [4.78, 5) is 2.66. The standard InChI is InChI=1S/C15H32N2/c1-4-6-10-15(5-2)16-13-14(3)17-11-8-7-9-12-17/h14-16H,4-13H2,1-3H3. The van der Waals surface area contributed by atoms with Crippen molar-refractivity contribution in [3.8, 4) is 0 Å². The number of rotatable bonds is 8. The predicted octanol–water partition coefficient (Wildman–Crippen LogP) is 3.42. The van der Waals surface area contributed by atoms with Crippen molar-refractivity contribution < 1.29 is 0 Å². The van der Waals surface area contributed by atoms with Gasteiger partial charge in [-0.3, -0.25) is 4.90 Å². The van der Waals surface area contributed by atoms with E-state index in [0.29, 0.717) is 6.04 Å². The Labute approximate surface area is 108 Å². The third-order valence-electron chi connectivity index (χ3n) is 4.11. The lowest BCUT2D eigenvalue weighted by molar-refractivity contribution is 0.167. The zero-order chi connectivity index (χ0) is 12.5. The van der Waals surface area contributed by atoms with Crippen LogP contribution in [0.1, 0.15) is 65.7 Å². The van der Waals surface area contributed by atoms with E-state index >= 15 is 0 Å². The molecule has 0 spiro atoms. The molecule has 0 amide bonds. The summed E-state index contributed by atoms with van der Waals surface area (Å²) >= 11 is 0. The molecule has 2 unspecified atom stereocenters. The van der Waals surface area contributed by atoms with Crippen LogP contribution >= 0.6 is 0 Å². The van der Waals surface area contributed by atoms with E-state index in [1.807, 2.05) is 0 Å². The zero-order valence-corrected chi connectivity index (χ0v) is 12.2. The normalized spacial score (nSPS) is 21.4. The average molecular weight is 240 g/mol. The topological polar surface area (TPSA) is 15.3 Å². The number of piperidine rings is 1. The maximum absolute atomic E-state index is 3.76. The first-order chi connectivity index (χ1) is 8.27. The predicted molar refractivity (Wildman–Crippen MR) is 76.5 cm³/mol. The summed E-state index contributed by atoms with van der Waals surface area (Å²) in [5, 5.41) is 3.76. The van der Waals surface area contributed by atoms with Crippen molar-refractivity contribution in [1.82, 2.24) is 10.2 Å². The van der Waals surface area contributed by atoms with Crippen LogP contribution in [0.3, 0.4) is 0 Å². The monoisotopic (exact) mass is 240 g/mol. The fourth-order valence-corrected chi connectivity index (χ4v) is 2.73. The fraction of sp³-hybridized carbons (Fsp3) is 1.00. The Morgan fingerprint density at radius 3 is 2.41 bits per heavy atom. The molecule has 1 heterocycles. The molecule has 2 atom stereocenters. The van der Waals surface area contributed by atoms with Gasteiger partial charge >= 0.3 is 0 Å². The zero-order valence-electron chi connectivity index (χ0n) is 12.2. The van der Waals surface area contributed by atoms with Gasteiger partial charge in [0.1, 0.15) is 0 Å². The van der Waals surface area contributed by atoms with Crippen LogP contribution in [0.25, 0.3) is 0 Å². The largest absolute Gasteiger partial charge is 0.312 e. The SMILES string of the molecule is CCCCC(CC)NCC(C)N1CCCCC1. The van der Waals surface area contributed by atoms with Gasteiger partial charge in [0, 0.05) is 18.6 Å². The molecule has 1 rings (SSSR count). The lowest BCUT2D eigenvalue weighted by atomic mass is 10.1. The van der Waals surface area contributed by atoms with Crippen molar-refractivity contribution in [2.24, 2.45) is 0 Å². The molecule has 0 aromatic heterocycles. The second-order valence-electron chi connectivity index (χ2n) is 5.60. The Bertz CT molecular complexity index is 176. The summed E-state index contributed by atoms with van der Waals surface area (Å²) in [6.07, 6.45) is 9.54. The molecule has 0 saturated carbocycles. The van der Waals surface area contributed by atoms with Crippen molar-refractivity contribution in [2.45, 2.75) is 77.8 Å². The Morgan fingerprint density at radius 2 is 1.82 bits per heavy atom. The summed E-state index contributed by atoms with van der Waals surface area (Å²) in [5.41, 5.74) is 0.